The Bertz CT molecular complexity index is 562. The number of rotatable bonds is 4. The van der Waals surface area contributed by atoms with Crippen LogP contribution in [-0.2, 0) is 10.0 Å². The molecule has 4 nitrogen and oxygen atoms in total. The number of nitrogens with one attached hydrogen (secondary N) is 1. The Balaban J connectivity index is 2.05. The molecule has 112 valence electrons. The molecule has 20 heavy (non-hydrogen) atoms. The second kappa shape index (κ2) is 6.43. The molecule has 0 spiro atoms. The molecule has 6 heteroatoms. The lowest BCUT2D eigenvalue weighted by Crippen LogP contribution is -2.47. The zero-order valence-corrected chi connectivity index (χ0v) is 13.4. The third-order valence-corrected chi connectivity index (χ3v) is 4.71. The summed E-state index contributed by atoms with van der Waals surface area (Å²) in [6, 6.07) is 8.08. The van der Waals surface area contributed by atoms with Crippen LogP contribution in [0.2, 0.25) is 5.02 Å². The number of halogens is 1. The second-order valence-electron chi connectivity index (χ2n) is 5.46. The Morgan fingerprint density at radius 3 is 2.85 bits per heavy atom. The summed E-state index contributed by atoms with van der Waals surface area (Å²) in [5.74, 6) is 0. The van der Waals surface area contributed by atoms with Crippen molar-refractivity contribution in [3.63, 3.8) is 0 Å². The van der Waals surface area contributed by atoms with Gasteiger partial charge in [0.1, 0.15) is 0 Å². The Kier molecular flexibility index (Phi) is 5.07. The van der Waals surface area contributed by atoms with Gasteiger partial charge < -0.3 is 0 Å². The Morgan fingerprint density at radius 2 is 2.20 bits per heavy atom. The maximum atomic E-state index is 11.3. The van der Waals surface area contributed by atoms with E-state index in [9.17, 15) is 8.42 Å². The van der Waals surface area contributed by atoms with Gasteiger partial charge >= 0.3 is 0 Å². The average molecular weight is 317 g/mol. The van der Waals surface area contributed by atoms with Gasteiger partial charge in [0.2, 0.25) is 10.0 Å². The summed E-state index contributed by atoms with van der Waals surface area (Å²) in [6.45, 7) is 3.85. The average Bonchev–Trinajstić information content (AvgIpc) is 2.36. The van der Waals surface area contributed by atoms with Crippen molar-refractivity contribution in [3.05, 3.63) is 34.9 Å². The van der Waals surface area contributed by atoms with Crippen LogP contribution in [0.1, 0.15) is 31.4 Å². The van der Waals surface area contributed by atoms with E-state index in [4.69, 9.17) is 11.6 Å². The second-order valence-corrected chi connectivity index (χ2v) is 7.67. The molecule has 0 aromatic heterocycles. The molecule has 1 heterocycles. The fourth-order valence-corrected chi connectivity index (χ4v) is 3.73. The van der Waals surface area contributed by atoms with Crippen LogP contribution in [0.5, 0.6) is 0 Å². The topological polar surface area (TPSA) is 49.4 Å². The minimum absolute atomic E-state index is 0.000356. The molecule has 1 aromatic carbocycles. The summed E-state index contributed by atoms with van der Waals surface area (Å²) in [6.07, 6.45) is 3.11. The van der Waals surface area contributed by atoms with Crippen molar-refractivity contribution in [1.82, 2.24) is 9.62 Å². The summed E-state index contributed by atoms with van der Waals surface area (Å²) in [4.78, 5) is 2.30. The van der Waals surface area contributed by atoms with Crippen molar-refractivity contribution in [2.75, 3.05) is 19.3 Å². The zero-order valence-electron chi connectivity index (χ0n) is 11.8. The summed E-state index contributed by atoms with van der Waals surface area (Å²) in [5.41, 5.74) is 1.16. The third kappa shape index (κ3) is 4.45. The van der Waals surface area contributed by atoms with E-state index >= 15 is 0 Å². The smallest absolute Gasteiger partial charge is 0.208 e. The first-order valence-electron chi connectivity index (χ1n) is 6.82. The summed E-state index contributed by atoms with van der Waals surface area (Å²) >= 11 is 6.03. The lowest BCUT2D eigenvalue weighted by Gasteiger charge is -2.37. The molecule has 0 aliphatic carbocycles. The minimum atomic E-state index is -3.14. The van der Waals surface area contributed by atoms with Gasteiger partial charge in [0.05, 0.1) is 6.26 Å². The monoisotopic (exact) mass is 316 g/mol. The van der Waals surface area contributed by atoms with Crippen molar-refractivity contribution in [1.29, 1.82) is 0 Å². The van der Waals surface area contributed by atoms with Crippen molar-refractivity contribution >= 4 is 21.6 Å². The van der Waals surface area contributed by atoms with Gasteiger partial charge in [-0.1, -0.05) is 23.7 Å². The van der Waals surface area contributed by atoms with Gasteiger partial charge in [-0.15, -0.1) is 0 Å². The van der Waals surface area contributed by atoms with Gasteiger partial charge in [-0.2, -0.15) is 0 Å². The van der Waals surface area contributed by atoms with Crippen molar-refractivity contribution in [2.45, 2.75) is 31.8 Å². The molecule has 0 radical (unpaired) electrons. The summed E-state index contributed by atoms with van der Waals surface area (Å²) in [7, 11) is -3.14. The fraction of sp³-hybridized carbons (Fsp3) is 0.571. The standard InChI is InChI=1S/C14H21ClN2O2S/c1-11(12-5-3-6-13(15)9-12)17-8-4-7-14(10-17)16-20(2,18)19/h3,5-6,9,11,14,16H,4,7-8,10H2,1-2H3. The quantitative estimate of drug-likeness (QED) is 0.928. The highest BCUT2D eigenvalue weighted by Crippen LogP contribution is 2.26. The van der Waals surface area contributed by atoms with Gasteiger partial charge in [0.25, 0.3) is 0 Å². The first kappa shape index (κ1) is 15.8. The number of hydrogen-bond acceptors (Lipinski definition) is 3. The number of nitrogens with zero attached hydrogens (tertiary/aromatic N) is 1. The molecule has 2 atom stereocenters. The molecule has 2 unspecified atom stereocenters. The van der Waals surface area contributed by atoms with E-state index in [0.29, 0.717) is 0 Å². The molecule has 2 rings (SSSR count). The number of benzene rings is 1. The van der Waals surface area contributed by atoms with Crippen LogP contribution < -0.4 is 4.72 Å². The van der Waals surface area contributed by atoms with Crippen LogP contribution in [0.25, 0.3) is 0 Å². The van der Waals surface area contributed by atoms with Gasteiger partial charge in [0.15, 0.2) is 0 Å². The van der Waals surface area contributed by atoms with E-state index in [2.05, 4.69) is 22.6 Å². The van der Waals surface area contributed by atoms with Crippen LogP contribution in [0.4, 0.5) is 0 Å². The van der Waals surface area contributed by atoms with Gasteiger partial charge in [-0.3, -0.25) is 4.90 Å². The fourth-order valence-electron chi connectivity index (χ4n) is 2.73. The van der Waals surface area contributed by atoms with Gasteiger partial charge in [0, 0.05) is 23.7 Å². The van der Waals surface area contributed by atoms with Gasteiger partial charge in [-0.25, -0.2) is 13.1 Å². The Labute approximate surface area is 126 Å². The third-order valence-electron chi connectivity index (χ3n) is 3.71. The highest BCUT2D eigenvalue weighted by molar-refractivity contribution is 7.88. The van der Waals surface area contributed by atoms with Crippen LogP contribution in [0.3, 0.4) is 0 Å². The maximum Gasteiger partial charge on any atom is 0.208 e. The predicted octanol–water partition coefficient (Wildman–Crippen LogP) is 2.41. The Morgan fingerprint density at radius 1 is 1.45 bits per heavy atom. The minimum Gasteiger partial charge on any atom is -0.295 e. The summed E-state index contributed by atoms with van der Waals surface area (Å²) in [5, 5.41) is 0.733. The van der Waals surface area contributed by atoms with E-state index in [-0.39, 0.29) is 12.1 Å². The highest BCUT2D eigenvalue weighted by Gasteiger charge is 2.26. The maximum absolute atomic E-state index is 11.3. The van der Waals surface area contributed by atoms with Crippen LogP contribution in [-0.4, -0.2) is 38.7 Å². The molecular formula is C14H21ClN2O2S. The molecule has 1 fully saturated rings. The molecule has 1 N–H and O–H groups in total. The molecule has 0 amide bonds. The molecule has 0 saturated carbocycles. The summed E-state index contributed by atoms with van der Waals surface area (Å²) < 4.78 is 25.4. The van der Waals surface area contributed by atoms with Gasteiger partial charge in [-0.05, 0) is 44.0 Å². The molecule has 1 aliphatic rings. The van der Waals surface area contributed by atoms with Crippen LogP contribution in [0.15, 0.2) is 24.3 Å². The number of hydrogen-bond donors (Lipinski definition) is 1. The molecule has 1 aliphatic heterocycles. The lowest BCUT2D eigenvalue weighted by molar-refractivity contribution is 0.154. The lowest BCUT2D eigenvalue weighted by atomic mass is 10.0. The highest BCUT2D eigenvalue weighted by atomic mass is 35.5. The van der Waals surface area contributed by atoms with Crippen molar-refractivity contribution < 1.29 is 8.42 Å². The molecule has 0 bridgehead atoms. The molecule has 1 saturated heterocycles. The SMILES string of the molecule is CC(c1cccc(Cl)c1)N1CCCC(NS(C)(=O)=O)C1. The molecule has 1 aromatic rings. The van der Waals surface area contributed by atoms with E-state index in [1.165, 1.54) is 6.26 Å². The first-order valence-corrected chi connectivity index (χ1v) is 9.09. The van der Waals surface area contributed by atoms with Crippen LogP contribution in [0, 0.1) is 0 Å². The van der Waals surface area contributed by atoms with E-state index in [0.717, 1.165) is 36.5 Å². The number of piperidine rings is 1. The largest absolute Gasteiger partial charge is 0.295 e. The Hall–Kier alpha value is -0.620. The normalized spacial score (nSPS) is 22.6. The van der Waals surface area contributed by atoms with E-state index in [1.807, 2.05) is 18.2 Å². The predicted molar refractivity (Wildman–Crippen MR) is 82.4 cm³/mol. The van der Waals surface area contributed by atoms with Crippen molar-refractivity contribution in [2.24, 2.45) is 0 Å². The first-order chi connectivity index (χ1) is 9.35. The van der Waals surface area contributed by atoms with E-state index in [1.54, 1.807) is 0 Å². The number of likely N-dealkylation sites (tertiary alicyclic amines) is 1. The molecular weight excluding hydrogens is 296 g/mol. The number of sulfonamides is 1. The van der Waals surface area contributed by atoms with E-state index < -0.39 is 10.0 Å². The zero-order chi connectivity index (χ0) is 14.8. The van der Waals surface area contributed by atoms with Crippen LogP contribution >= 0.6 is 11.6 Å². The van der Waals surface area contributed by atoms with Crippen molar-refractivity contribution in [3.8, 4) is 0 Å².